The zero-order valence-corrected chi connectivity index (χ0v) is 14.8. The lowest BCUT2D eigenvalue weighted by atomic mass is 10.1. The van der Waals surface area contributed by atoms with Gasteiger partial charge < -0.3 is 20.4 Å². The molecule has 1 aromatic heterocycles. The van der Waals surface area contributed by atoms with Gasteiger partial charge in [-0.3, -0.25) is 4.79 Å². The highest BCUT2D eigenvalue weighted by Gasteiger charge is 2.29. The predicted octanol–water partition coefficient (Wildman–Crippen LogP) is 1.84. The SMILES string of the molecule is Cl.Cl.NC[C@H]1CC[C@@H](C(=O)NCc2cccc(-n3ccnc3)c2)O1. The molecule has 1 aliphatic heterocycles. The average molecular weight is 373 g/mol. The Morgan fingerprint density at radius 1 is 1.38 bits per heavy atom. The zero-order valence-electron chi connectivity index (χ0n) is 13.1. The lowest BCUT2D eigenvalue weighted by Gasteiger charge is -2.13. The number of hydrogen-bond donors (Lipinski definition) is 2. The van der Waals surface area contributed by atoms with Crippen molar-refractivity contribution in [3.8, 4) is 5.69 Å². The first-order valence-corrected chi connectivity index (χ1v) is 7.47. The summed E-state index contributed by atoms with van der Waals surface area (Å²) in [6.45, 7) is 0.950. The van der Waals surface area contributed by atoms with Gasteiger partial charge in [0.1, 0.15) is 6.10 Å². The first kappa shape index (κ1) is 20.4. The third-order valence-corrected chi connectivity index (χ3v) is 3.84. The van der Waals surface area contributed by atoms with Crippen LogP contribution in [0.2, 0.25) is 0 Å². The summed E-state index contributed by atoms with van der Waals surface area (Å²) in [6, 6.07) is 7.98. The van der Waals surface area contributed by atoms with Crippen LogP contribution in [0.15, 0.2) is 43.0 Å². The van der Waals surface area contributed by atoms with E-state index in [2.05, 4.69) is 10.3 Å². The van der Waals surface area contributed by atoms with Crippen molar-refractivity contribution in [3.05, 3.63) is 48.5 Å². The average Bonchev–Trinajstić information content (AvgIpc) is 3.24. The van der Waals surface area contributed by atoms with Gasteiger partial charge in [-0.15, -0.1) is 24.8 Å². The summed E-state index contributed by atoms with van der Waals surface area (Å²) in [5, 5.41) is 2.93. The summed E-state index contributed by atoms with van der Waals surface area (Å²) < 4.78 is 7.52. The molecule has 0 aliphatic carbocycles. The number of aromatic nitrogens is 2. The zero-order chi connectivity index (χ0) is 15.4. The summed E-state index contributed by atoms with van der Waals surface area (Å²) in [7, 11) is 0. The van der Waals surface area contributed by atoms with E-state index in [4.69, 9.17) is 10.5 Å². The topological polar surface area (TPSA) is 82.2 Å². The number of halogens is 2. The predicted molar refractivity (Wildman–Crippen MR) is 96.9 cm³/mol. The van der Waals surface area contributed by atoms with Crippen molar-refractivity contribution in [2.24, 2.45) is 5.73 Å². The van der Waals surface area contributed by atoms with Gasteiger partial charge in [-0.1, -0.05) is 12.1 Å². The van der Waals surface area contributed by atoms with E-state index in [9.17, 15) is 4.79 Å². The number of carbonyl (C=O) groups is 1. The summed E-state index contributed by atoms with van der Waals surface area (Å²) in [5.41, 5.74) is 7.61. The summed E-state index contributed by atoms with van der Waals surface area (Å²) >= 11 is 0. The molecule has 1 amide bonds. The van der Waals surface area contributed by atoms with Gasteiger partial charge in [0.15, 0.2) is 0 Å². The van der Waals surface area contributed by atoms with Crippen LogP contribution >= 0.6 is 24.8 Å². The second-order valence-corrected chi connectivity index (χ2v) is 5.42. The maximum Gasteiger partial charge on any atom is 0.249 e. The van der Waals surface area contributed by atoms with Crippen molar-refractivity contribution < 1.29 is 9.53 Å². The van der Waals surface area contributed by atoms with E-state index in [0.29, 0.717) is 13.1 Å². The largest absolute Gasteiger partial charge is 0.364 e. The number of amides is 1. The van der Waals surface area contributed by atoms with Crippen molar-refractivity contribution in [2.75, 3.05) is 6.54 Å². The van der Waals surface area contributed by atoms with Crippen LogP contribution in [-0.2, 0) is 16.1 Å². The quantitative estimate of drug-likeness (QED) is 0.838. The highest BCUT2D eigenvalue weighted by Crippen LogP contribution is 2.19. The molecule has 0 saturated carbocycles. The number of hydrogen-bond acceptors (Lipinski definition) is 4. The molecule has 24 heavy (non-hydrogen) atoms. The first-order valence-electron chi connectivity index (χ1n) is 7.47. The number of rotatable bonds is 5. The van der Waals surface area contributed by atoms with E-state index in [1.54, 1.807) is 12.5 Å². The Bertz CT molecular complexity index is 637. The van der Waals surface area contributed by atoms with E-state index in [0.717, 1.165) is 24.1 Å². The van der Waals surface area contributed by atoms with Crippen LogP contribution in [0.1, 0.15) is 18.4 Å². The van der Waals surface area contributed by atoms with Gasteiger partial charge >= 0.3 is 0 Å². The molecule has 3 N–H and O–H groups in total. The summed E-state index contributed by atoms with van der Waals surface area (Å²) in [6.07, 6.45) is 6.60. The van der Waals surface area contributed by atoms with Crippen LogP contribution in [0.25, 0.3) is 5.69 Å². The normalized spacial score (nSPS) is 19.2. The number of carbonyl (C=O) groups excluding carboxylic acids is 1. The second-order valence-electron chi connectivity index (χ2n) is 5.42. The number of benzene rings is 1. The fourth-order valence-electron chi connectivity index (χ4n) is 2.61. The third-order valence-electron chi connectivity index (χ3n) is 3.84. The molecule has 0 bridgehead atoms. The van der Waals surface area contributed by atoms with Gasteiger partial charge in [0.05, 0.1) is 12.4 Å². The Kier molecular flexibility index (Phi) is 8.21. The Morgan fingerprint density at radius 3 is 2.88 bits per heavy atom. The lowest BCUT2D eigenvalue weighted by Crippen LogP contribution is -2.35. The summed E-state index contributed by atoms with van der Waals surface area (Å²) in [4.78, 5) is 16.1. The number of nitrogens with one attached hydrogen (secondary N) is 1. The van der Waals surface area contributed by atoms with Crippen molar-refractivity contribution >= 4 is 30.7 Å². The number of imidazole rings is 1. The van der Waals surface area contributed by atoms with Crippen LogP contribution in [0.4, 0.5) is 0 Å². The van der Waals surface area contributed by atoms with Gasteiger partial charge in [0, 0.05) is 31.2 Å². The number of ether oxygens (including phenoxy) is 1. The van der Waals surface area contributed by atoms with Gasteiger partial charge in [0.25, 0.3) is 0 Å². The molecule has 1 aliphatic rings. The molecule has 6 nitrogen and oxygen atoms in total. The maximum absolute atomic E-state index is 12.1. The molecule has 2 aromatic rings. The fourth-order valence-corrected chi connectivity index (χ4v) is 2.61. The first-order chi connectivity index (χ1) is 10.8. The molecule has 132 valence electrons. The number of nitrogens with zero attached hydrogens (tertiary/aromatic N) is 2. The van der Waals surface area contributed by atoms with Crippen LogP contribution < -0.4 is 11.1 Å². The minimum Gasteiger partial charge on any atom is -0.364 e. The van der Waals surface area contributed by atoms with E-state index in [1.807, 2.05) is 35.0 Å². The van der Waals surface area contributed by atoms with Crippen LogP contribution in [0, 0.1) is 0 Å². The van der Waals surface area contributed by atoms with Crippen LogP contribution in [0.3, 0.4) is 0 Å². The monoisotopic (exact) mass is 372 g/mol. The molecular weight excluding hydrogens is 351 g/mol. The van der Waals surface area contributed by atoms with E-state index < -0.39 is 0 Å². The molecule has 0 radical (unpaired) electrons. The number of nitrogens with two attached hydrogens (primary N) is 1. The Hall–Kier alpha value is -1.60. The van der Waals surface area contributed by atoms with E-state index in [-0.39, 0.29) is 42.9 Å². The van der Waals surface area contributed by atoms with Crippen molar-refractivity contribution in [2.45, 2.75) is 31.6 Å². The molecule has 0 spiro atoms. The molecular formula is C16H22Cl2N4O2. The molecule has 2 atom stereocenters. The molecule has 1 saturated heterocycles. The molecule has 1 aromatic carbocycles. The Balaban J connectivity index is 0.00000144. The third kappa shape index (κ3) is 4.95. The van der Waals surface area contributed by atoms with Crippen molar-refractivity contribution in [1.29, 1.82) is 0 Å². The van der Waals surface area contributed by atoms with Crippen LogP contribution in [0.5, 0.6) is 0 Å². The van der Waals surface area contributed by atoms with Gasteiger partial charge in [-0.25, -0.2) is 4.98 Å². The Morgan fingerprint density at radius 2 is 2.21 bits per heavy atom. The standard InChI is InChI=1S/C16H20N4O2.2ClH/c17-9-14-4-5-15(22-14)16(21)19-10-12-2-1-3-13(8-12)20-7-6-18-11-20;;/h1-3,6-8,11,14-15H,4-5,9-10,17H2,(H,19,21);2*1H/t14-,15+;;/m1../s1. The molecule has 0 unspecified atom stereocenters. The molecule has 3 rings (SSSR count). The van der Waals surface area contributed by atoms with Crippen molar-refractivity contribution in [3.63, 3.8) is 0 Å². The highest BCUT2D eigenvalue weighted by molar-refractivity contribution is 5.85. The minimum absolute atomic E-state index is 0. The fraction of sp³-hybridized carbons (Fsp3) is 0.375. The van der Waals surface area contributed by atoms with Crippen LogP contribution in [-0.4, -0.2) is 34.2 Å². The molecule has 2 heterocycles. The molecule has 1 fully saturated rings. The summed E-state index contributed by atoms with van der Waals surface area (Å²) in [5.74, 6) is -0.0658. The highest BCUT2D eigenvalue weighted by atomic mass is 35.5. The molecule has 8 heteroatoms. The Labute approximate surface area is 153 Å². The van der Waals surface area contributed by atoms with E-state index in [1.165, 1.54) is 0 Å². The van der Waals surface area contributed by atoms with E-state index >= 15 is 0 Å². The van der Waals surface area contributed by atoms with Gasteiger partial charge in [0.2, 0.25) is 5.91 Å². The minimum atomic E-state index is -0.370. The van der Waals surface area contributed by atoms with Gasteiger partial charge in [-0.05, 0) is 30.5 Å². The smallest absolute Gasteiger partial charge is 0.249 e. The lowest BCUT2D eigenvalue weighted by molar-refractivity contribution is -0.132. The second kappa shape index (κ2) is 9.64. The van der Waals surface area contributed by atoms with Crippen molar-refractivity contribution in [1.82, 2.24) is 14.9 Å². The maximum atomic E-state index is 12.1. The van der Waals surface area contributed by atoms with Gasteiger partial charge in [-0.2, -0.15) is 0 Å².